The predicted octanol–water partition coefficient (Wildman–Crippen LogP) is 1.91. The maximum Gasteiger partial charge on any atom is 0.416 e. The Morgan fingerprint density at radius 1 is 1.20 bits per heavy atom. The number of ether oxygens (including phenoxy) is 1. The van der Waals surface area contributed by atoms with Gasteiger partial charge in [0.2, 0.25) is 0 Å². The van der Waals surface area contributed by atoms with E-state index in [4.69, 9.17) is 28.0 Å². The second-order valence-electron chi connectivity index (χ2n) is 7.67. The van der Waals surface area contributed by atoms with Crippen LogP contribution in [0.25, 0.3) is 5.65 Å². The molecule has 0 amide bonds. The van der Waals surface area contributed by atoms with Gasteiger partial charge in [-0.2, -0.15) is 21.6 Å². The van der Waals surface area contributed by atoms with E-state index in [1.165, 1.54) is 17.5 Å². The Morgan fingerprint density at radius 3 is 2.40 bits per heavy atom. The topological polar surface area (TPSA) is 164 Å². The summed E-state index contributed by atoms with van der Waals surface area (Å²) >= 11 is 0. The summed E-state index contributed by atoms with van der Waals surface area (Å²) in [4.78, 5) is 6.40. The molecule has 1 aliphatic heterocycles. The number of nitrogens with zero attached hydrogens (tertiary/aromatic N) is 4. The first-order valence-corrected chi connectivity index (χ1v) is 11.7. The van der Waals surface area contributed by atoms with E-state index in [9.17, 15) is 18.3 Å². The van der Waals surface area contributed by atoms with Gasteiger partial charge in [0.1, 0.15) is 0 Å². The molecule has 192 valence electrons. The maximum absolute atomic E-state index is 13.3. The third-order valence-corrected chi connectivity index (χ3v) is 5.37. The van der Waals surface area contributed by atoms with Gasteiger partial charge in [0.15, 0.2) is 11.5 Å². The fourth-order valence-corrected chi connectivity index (χ4v) is 3.73. The first kappa shape index (κ1) is 26.6. The van der Waals surface area contributed by atoms with Crippen LogP contribution in [0.3, 0.4) is 0 Å². The van der Waals surface area contributed by atoms with Crippen molar-refractivity contribution in [3.8, 4) is 0 Å². The third-order valence-electron chi connectivity index (χ3n) is 5.37. The number of rotatable bonds is 4. The number of aromatic nitrogens is 3. The molecule has 0 aliphatic carbocycles. The van der Waals surface area contributed by atoms with E-state index >= 15 is 0 Å². The molecule has 0 atom stereocenters. The average Bonchev–Trinajstić information content (AvgIpc) is 3.12. The third kappa shape index (κ3) is 6.58. The molecule has 5 N–H and O–H groups in total. The van der Waals surface area contributed by atoms with Crippen molar-refractivity contribution in [2.45, 2.75) is 26.1 Å². The smallest absolute Gasteiger partial charge is 0.396 e. The second-order valence-corrected chi connectivity index (χ2v) is 8.56. The molecule has 0 bridgehead atoms. The van der Waals surface area contributed by atoms with E-state index in [1.54, 1.807) is 12.1 Å². The van der Waals surface area contributed by atoms with E-state index in [0.29, 0.717) is 60.4 Å². The number of anilines is 2. The van der Waals surface area contributed by atoms with Gasteiger partial charge in [-0.15, -0.1) is 5.10 Å². The zero-order valence-corrected chi connectivity index (χ0v) is 19.3. The summed E-state index contributed by atoms with van der Waals surface area (Å²) in [5, 5.41) is 14.4. The van der Waals surface area contributed by atoms with Crippen LogP contribution in [0.1, 0.15) is 28.1 Å². The van der Waals surface area contributed by atoms with Gasteiger partial charge in [-0.1, -0.05) is 12.1 Å². The van der Waals surface area contributed by atoms with Crippen LogP contribution >= 0.6 is 0 Å². The van der Waals surface area contributed by atoms with E-state index in [2.05, 4.69) is 10.1 Å². The number of nitrogens with two attached hydrogens (primary N) is 1. The average molecular weight is 520 g/mol. The van der Waals surface area contributed by atoms with Crippen molar-refractivity contribution in [2.75, 3.05) is 36.9 Å². The Bertz CT molecular complexity index is 1300. The summed E-state index contributed by atoms with van der Waals surface area (Å²) in [6.45, 7) is 3.52. The van der Waals surface area contributed by atoms with Crippen molar-refractivity contribution in [1.29, 1.82) is 0 Å². The summed E-state index contributed by atoms with van der Waals surface area (Å²) < 4.78 is 78.4. The number of aliphatic hydroxyl groups excluding tert-OH is 1. The van der Waals surface area contributed by atoms with Gasteiger partial charge < -0.3 is 20.5 Å². The highest BCUT2D eigenvalue weighted by atomic mass is 32.3. The van der Waals surface area contributed by atoms with Crippen molar-refractivity contribution in [3.63, 3.8) is 0 Å². The van der Waals surface area contributed by atoms with Crippen LogP contribution in [0.15, 0.2) is 24.3 Å². The maximum atomic E-state index is 13.3. The highest BCUT2D eigenvalue weighted by molar-refractivity contribution is 7.79. The van der Waals surface area contributed by atoms with Crippen molar-refractivity contribution in [3.05, 3.63) is 52.3 Å². The van der Waals surface area contributed by atoms with Gasteiger partial charge in [0, 0.05) is 25.6 Å². The SMILES string of the molecule is Cc1c(Cc2c(CO)nc3c(N)cc(N4CCOCC4)nn23)cccc1C(F)(F)F.O=S(=O)(O)O. The number of nitrogen functional groups attached to an aromatic ring is 1. The summed E-state index contributed by atoms with van der Waals surface area (Å²) in [6.07, 6.45) is -4.31. The van der Waals surface area contributed by atoms with Crippen LogP contribution in [0.2, 0.25) is 0 Å². The van der Waals surface area contributed by atoms with E-state index in [0.717, 1.165) is 6.07 Å². The van der Waals surface area contributed by atoms with E-state index < -0.39 is 22.1 Å². The molecule has 35 heavy (non-hydrogen) atoms. The highest BCUT2D eigenvalue weighted by Crippen LogP contribution is 2.34. The molecule has 4 rings (SSSR count). The van der Waals surface area contributed by atoms with Crippen molar-refractivity contribution in [2.24, 2.45) is 0 Å². The van der Waals surface area contributed by atoms with Crippen molar-refractivity contribution in [1.82, 2.24) is 14.6 Å². The Labute approximate surface area is 198 Å². The molecule has 1 aromatic carbocycles. The molecular formula is C20H24F3N5O6S. The Hall–Kier alpha value is -2.98. The minimum Gasteiger partial charge on any atom is -0.396 e. The molecule has 3 aromatic rings. The lowest BCUT2D eigenvalue weighted by atomic mass is 9.98. The summed E-state index contributed by atoms with van der Waals surface area (Å²) in [5.74, 6) is 0.632. The van der Waals surface area contributed by atoms with Crippen LogP contribution in [0.5, 0.6) is 0 Å². The fraction of sp³-hybridized carbons (Fsp3) is 0.400. The lowest BCUT2D eigenvalue weighted by Crippen LogP contribution is -2.37. The Balaban J connectivity index is 0.000000623. The van der Waals surface area contributed by atoms with Crippen LogP contribution in [0, 0.1) is 6.92 Å². The molecule has 1 aliphatic rings. The quantitative estimate of drug-likeness (QED) is 0.374. The summed E-state index contributed by atoms with van der Waals surface area (Å²) in [6, 6.07) is 5.80. The number of imidazole rings is 1. The van der Waals surface area contributed by atoms with Gasteiger partial charge in [0.25, 0.3) is 0 Å². The molecule has 2 aromatic heterocycles. The minimum atomic E-state index is -4.67. The molecule has 3 heterocycles. The minimum absolute atomic E-state index is 0.131. The van der Waals surface area contributed by atoms with Crippen LogP contribution in [-0.2, 0) is 34.3 Å². The van der Waals surface area contributed by atoms with Gasteiger partial charge in [-0.25, -0.2) is 9.50 Å². The molecule has 0 unspecified atom stereocenters. The largest absolute Gasteiger partial charge is 0.416 e. The zero-order chi connectivity index (χ0) is 26.0. The number of halogens is 3. The van der Waals surface area contributed by atoms with Gasteiger partial charge in [-0.3, -0.25) is 9.11 Å². The van der Waals surface area contributed by atoms with Gasteiger partial charge in [-0.05, 0) is 24.1 Å². The molecule has 0 spiro atoms. The lowest BCUT2D eigenvalue weighted by Gasteiger charge is -2.27. The van der Waals surface area contributed by atoms with E-state index in [1.807, 2.05) is 4.90 Å². The van der Waals surface area contributed by atoms with E-state index in [-0.39, 0.29) is 18.6 Å². The number of alkyl halides is 3. The van der Waals surface area contributed by atoms with Crippen molar-refractivity contribution >= 4 is 27.6 Å². The molecule has 0 saturated carbocycles. The highest BCUT2D eigenvalue weighted by Gasteiger charge is 2.33. The zero-order valence-electron chi connectivity index (χ0n) is 18.5. The van der Waals surface area contributed by atoms with Crippen molar-refractivity contribution < 1.29 is 40.5 Å². The number of morpholine rings is 1. The number of hydrogen-bond acceptors (Lipinski definition) is 8. The second kappa shape index (κ2) is 10.3. The van der Waals surface area contributed by atoms with Gasteiger partial charge in [0.05, 0.1) is 42.5 Å². The Kier molecular flexibility index (Phi) is 7.86. The molecule has 1 saturated heterocycles. The summed E-state index contributed by atoms with van der Waals surface area (Å²) in [7, 11) is -4.67. The number of benzene rings is 1. The predicted molar refractivity (Wildman–Crippen MR) is 120 cm³/mol. The fourth-order valence-electron chi connectivity index (χ4n) is 3.73. The number of fused-ring (bicyclic) bond motifs is 1. The molecule has 15 heteroatoms. The monoisotopic (exact) mass is 519 g/mol. The molecule has 0 radical (unpaired) electrons. The molecule has 11 nitrogen and oxygen atoms in total. The van der Waals surface area contributed by atoms with Crippen LogP contribution in [-0.4, -0.2) is 63.5 Å². The Morgan fingerprint density at radius 2 is 1.83 bits per heavy atom. The van der Waals surface area contributed by atoms with Crippen LogP contribution < -0.4 is 10.6 Å². The first-order chi connectivity index (χ1) is 16.3. The lowest BCUT2D eigenvalue weighted by molar-refractivity contribution is -0.138. The summed E-state index contributed by atoms with van der Waals surface area (Å²) in [5.41, 5.74) is 7.74. The molecular weight excluding hydrogens is 495 g/mol. The van der Waals surface area contributed by atoms with Crippen LogP contribution in [0.4, 0.5) is 24.7 Å². The number of hydrogen-bond donors (Lipinski definition) is 4. The standard InChI is InChI=1S/C20H22F3N5O2.H2O4S/c1-12-13(3-2-4-14(12)20(21,22)23)9-17-16(11-29)25-19-15(24)10-18(26-28(17)19)27-5-7-30-8-6-27;1-5(2,3)4/h2-4,10,29H,5-9,11,24H2,1H3;(H2,1,2,3,4). The van der Waals surface area contributed by atoms with Gasteiger partial charge >= 0.3 is 16.6 Å². The number of aliphatic hydroxyl groups is 1. The first-order valence-electron chi connectivity index (χ1n) is 10.3. The molecule has 1 fully saturated rings. The normalized spacial score (nSPS) is 14.7.